The Bertz CT molecular complexity index is 1350. The molecule has 0 spiro atoms. The second kappa shape index (κ2) is 8.78. The van der Waals surface area contributed by atoms with E-state index in [9.17, 15) is 14.7 Å². The van der Waals surface area contributed by atoms with E-state index in [-0.39, 0.29) is 17.4 Å². The Kier molecular flexibility index (Phi) is 5.76. The minimum atomic E-state index is -0.796. The van der Waals surface area contributed by atoms with Crippen LogP contribution in [-0.4, -0.2) is 37.1 Å². The van der Waals surface area contributed by atoms with Crippen LogP contribution in [0.2, 0.25) is 0 Å². The third-order valence-electron chi connectivity index (χ3n) is 6.38. The zero-order valence-electron chi connectivity index (χ0n) is 19.8. The number of thiophene rings is 1. The van der Waals surface area contributed by atoms with Gasteiger partial charge in [0.15, 0.2) is 0 Å². The van der Waals surface area contributed by atoms with Crippen LogP contribution in [0, 0.1) is 6.92 Å². The monoisotopic (exact) mass is 491 g/mol. The molecule has 0 bridgehead atoms. The van der Waals surface area contributed by atoms with Crippen molar-refractivity contribution in [1.29, 1.82) is 0 Å². The van der Waals surface area contributed by atoms with Crippen LogP contribution in [0.3, 0.4) is 0 Å². The number of ether oxygens (including phenoxy) is 3. The molecule has 180 valence electrons. The number of rotatable bonds is 5. The first-order valence-electron chi connectivity index (χ1n) is 11.2. The van der Waals surface area contributed by atoms with Gasteiger partial charge >= 0.3 is 0 Å². The van der Waals surface area contributed by atoms with Crippen molar-refractivity contribution < 1.29 is 28.9 Å². The number of anilines is 1. The van der Waals surface area contributed by atoms with Crippen LogP contribution in [0.15, 0.2) is 53.4 Å². The second-order valence-corrected chi connectivity index (χ2v) is 9.61. The third kappa shape index (κ3) is 3.83. The standard InChI is InChI=1S/C27H25NO6S/c1-14-7-8-35-26(14)23-22(24(29)16-5-6-21-17(10-16)9-15(2)34-21)25(30)27(31)28(23)18-11-19(32-3)13-20(12-18)33-4/h5-8,10-13,15,23,29H,9H2,1-4H3/b24-22-. The summed E-state index contributed by atoms with van der Waals surface area (Å²) < 4.78 is 16.6. The number of nitrogens with zero attached hydrogens (tertiary/aromatic N) is 1. The van der Waals surface area contributed by atoms with Crippen molar-refractivity contribution in [3.63, 3.8) is 0 Å². The number of amides is 1. The van der Waals surface area contributed by atoms with Crippen molar-refractivity contribution in [2.45, 2.75) is 32.4 Å². The van der Waals surface area contributed by atoms with Gasteiger partial charge in [-0.3, -0.25) is 14.5 Å². The molecule has 0 radical (unpaired) electrons. The van der Waals surface area contributed by atoms with Gasteiger partial charge in [-0.1, -0.05) is 0 Å². The fraction of sp³-hybridized carbons (Fsp3) is 0.259. The summed E-state index contributed by atoms with van der Waals surface area (Å²) in [7, 11) is 3.04. The Morgan fingerprint density at radius 2 is 1.80 bits per heavy atom. The number of ketones is 1. The van der Waals surface area contributed by atoms with Gasteiger partial charge in [0, 0.05) is 35.1 Å². The normalized spacial score (nSPS) is 20.6. The topological polar surface area (TPSA) is 85.3 Å². The second-order valence-electron chi connectivity index (χ2n) is 8.66. The lowest BCUT2D eigenvalue weighted by atomic mass is 9.97. The molecule has 0 aliphatic carbocycles. The number of carbonyl (C=O) groups is 2. The van der Waals surface area contributed by atoms with E-state index < -0.39 is 17.7 Å². The first-order valence-corrected chi connectivity index (χ1v) is 12.1. The molecule has 0 saturated carbocycles. The Hall–Kier alpha value is -3.78. The molecule has 1 saturated heterocycles. The smallest absolute Gasteiger partial charge is 0.300 e. The number of hydrogen-bond donors (Lipinski definition) is 1. The van der Waals surface area contributed by atoms with E-state index in [1.54, 1.807) is 30.3 Å². The van der Waals surface area contributed by atoms with Gasteiger partial charge in [-0.2, -0.15) is 0 Å². The van der Waals surface area contributed by atoms with E-state index in [0.29, 0.717) is 29.2 Å². The predicted molar refractivity (Wildman–Crippen MR) is 134 cm³/mol. The molecule has 2 atom stereocenters. The van der Waals surface area contributed by atoms with Crippen molar-refractivity contribution in [3.05, 3.63) is 75.0 Å². The van der Waals surface area contributed by atoms with Crippen LogP contribution in [0.1, 0.15) is 34.5 Å². The summed E-state index contributed by atoms with van der Waals surface area (Å²) in [6.45, 7) is 3.90. The maximum absolute atomic E-state index is 13.4. The van der Waals surface area contributed by atoms with E-state index in [2.05, 4.69) is 0 Å². The number of Topliss-reactive ketones (excluding diaryl/α,β-unsaturated/α-hetero) is 1. The zero-order chi connectivity index (χ0) is 24.9. The summed E-state index contributed by atoms with van der Waals surface area (Å²) in [6.07, 6.45) is 0.756. The van der Waals surface area contributed by atoms with Gasteiger partial charge in [0.05, 0.1) is 25.5 Å². The van der Waals surface area contributed by atoms with Gasteiger partial charge in [-0.05, 0) is 54.6 Å². The highest BCUT2D eigenvalue weighted by atomic mass is 32.1. The molecule has 1 N–H and O–H groups in total. The highest BCUT2D eigenvalue weighted by Crippen LogP contribution is 2.46. The summed E-state index contributed by atoms with van der Waals surface area (Å²) in [5.41, 5.74) is 2.84. The fourth-order valence-electron chi connectivity index (χ4n) is 4.67. The molecule has 35 heavy (non-hydrogen) atoms. The van der Waals surface area contributed by atoms with E-state index in [1.807, 2.05) is 31.4 Å². The molecule has 3 aromatic rings. The van der Waals surface area contributed by atoms with Gasteiger partial charge in [0.25, 0.3) is 11.7 Å². The Morgan fingerprint density at radius 3 is 2.43 bits per heavy atom. The number of aryl methyl sites for hydroxylation is 1. The first-order chi connectivity index (χ1) is 16.8. The van der Waals surface area contributed by atoms with Crippen LogP contribution in [0.25, 0.3) is 5.76 Å². The molecule has 1 amide bonds. The fourth-order valence-corrected chi connectivity index (χ4v) is 5.69. The Balaban J connectivity index is 1.70. The van der Waals surface area contributed by atoms with Gasteiger partial charge in [-0.15, -0.1) is 11.3 Å². The predicted octanol–water partition coefficient (Wildman–Crippen LogP) is 5.02. The molecular formula is C27H25NO6S. The number of fused-ring (bicyclic) bond motifs is 1. The molecule has 2 aromatic carbocycles. The number of carbonyl (C=O) groups excluding carboxylic acids is 2. The Morgan fingerprint density at radius 1 is 1.09 bits per heavy atom. The zero-order valence-corrected chi connectivity index (χ0v) is 20.6. The van der Waals surface area contributed by atoms with E-state index in [0.717, 1.165) is 21.8 Å². The summed E-state index contributed by atoms with van der Waals surface area (Å²) in [6, 6.07) is 11.5. The maximum atomic E-state index is 13.4. The summed E-state index contributed by atoms with van der Waals surface area (Å²) >= 11 is 1.43. The number of hydrogen-bond acceptors (Lipinski definition) is 7. The molecule has 2 aliphatic heterocycles. The van der Waals surface area contributed by atoms with Gasteiger partial charge in [0.1, 0.15) is 35.2 Å². The minimum Gasteiger partial charge on any atom is -0.507 e. The summed E-state index contributed by atoms with van der Waals surface area (Å²) in [4.78, 5) is 29.1. The van der Waals surface area contributed by atoms with E-state index in [4.69, 9.17) is 14.2 Å². The number of aliphatic hydroxyl groups excluding tert-OH is 1. The SMILES string of the molecule is COc1cc(OC)cc(N2C(=O)C(=O)/C(=C(\O)c3ccc4c(c3)CC(C)O4)C2c2sccc2C)c1. The van der Waals surface area contributed by atoms with Crippen LogP contribution in [0.4, 0.5) is 5.69 Å². The largest absolute Gasteiger partial charge is 0.507 e. The van der Waals surface area contributed by atoms with Crippen molar-refractivity contribution in [2.24, 2.45) is 0 Å². The average molecular weight is 492 g/mol. The van der Waals surface area contributed by atoms with Gasteiger partial charge in [0.2, 0.25) is 0 Å². The number of aliphatic hydroxyl groups is 1. The molecule has 7 nitrogen and oxygen atoms in total. The lowest BCUT2D eigenvalue weighted by Crippen LogP contribution is -2.29. The van der Waals surface area contributed by atoms with Crippen LogP contribution < -0.4 is 19.1 Å². The molecule has 2 aliphatic rings. The van der Waals surface area contributed by atoms with Crippen molar-refractivity contribution in [1.82, 2.24) is 0 Å². The lowest BCUT2D eigenvalue weighted by Gasteiger charge is -2.25. The Labute approximate surface area is 207 Å². The van der Waals surface area contributed by atoms with Crippen molar-refractivity contribution >= 4 is 34.5 Å². The molecule has 1 aromatic heterocycles. The van der Waals surface area contributed by atoms with E-state index >= 15 is 0 Å². The summed E-state index contributed by atoms with van der Waals surface area (Å²) in [5.74, 6) is 0.0563. The van der Waals surface area contributed by atoms with Crippen molar-refractivity contribution in [3.8, 4) is 17.2 Å². The van der Waals surface area contributed by atoms with Crippen LogP contribution in [-0.2, 0) is 16.0 Å². The third-order valence-corrected chi connectivity index (χ3v) is 7.45. The molecule has 5 rings (SSSR count). The molecule has 3 heterocycles. The van der Waals surface area contributed by atoms with E-state index in [1.165, 1.54) is 30.5 Å². The van der Waals surface area contributed by atoms with Crippen molar-refractivity contribution in [2.75, 3.05) is 19.1 Å². The highest BCUT2D eigenvalue weighted by molar-refractivity contribution is 7.10. The van der Waals surface area contributed by atoms with Crippen LogP contribution >= 0.6 is 11.3 Å². The summed E-state index contributed by atoms with van der Waals surface area (Å²) in [5, 5.41) is 13.3. The van der Waals surface area contributed by atoms with Crippen LogP contribution in [0.5, 0.6) is 17.2 Å². The minimum absolute atomic E-state index is 0.0461. The number of benzene rings is 2. The lowest BCUT2D eigenvalue weighted by molar-refractivity contribution is -0.132. The van der Waals surface area contributed by atoms with Gasteiger partial charge < -0.3 is 19.3 Å². The molecule has 1 fully saturated rings. The first kappa shape index (κ1) is 23.0. The average Bonchev–Trinajstić information content (AvgIpc) is 3.52. The number of methoxy groups -OCH3 is 2. The molecule has 8 heteroatoms. The highest BCUT2D eigenvalue weighted by Gasteiger charge is 2.48. The molecule has 2 unspecified atom stereocenters. The van der Waals surface area contributed by atoms with Gasteiger partial charge in [-0.25, -0.2) is 0 Å². The molecular weight excluding hydrogens is 466 g/mol. The maximum Gasteiger partial charge on any atom is 0.300 e. The quantitative estimate of drug-likeness (QED) is 0.306.